The summed E-state index contributed by atoms with van der Waals surface area (Å²) in [7, 11) is 6.58. The molecule has 38 heavy (non-hydrogen) atoms. The van der Waals surface area contributed by atoms with E-state index in [0.29, 0.717) is 11.3 Å². The fourth-order valence-electron chi connectivity index (χ4n) is 6.35. The molecule has 0 spiro atoms. The molecule has 0 unspecified atom stereocenters. The summed E-state index contributed by atoms with van der Waals surface area (Å²) in [4.78, 5) is 54.9. The van der Waals surface area contributed by atoms with Crippen LogP contribution in [0.2, 0.25) is 0 Å². The first-order valence-corrected chi connectivity index (χ1v) is 12.0. The second-order valence-corrected chi connectivity index (χ2v) is 10.7. The van der Waals surface area contributed by atoms with Crippen LogP contribution in [0.5, 0.6) is 5.75 Å². The Bertz CT molecular complexity index is 1350. The van der Waals surface area contributed by atoms with Crippen molar-refractivity contribution in [1.29, 1.82) is 0 Å². The van der Waals surface area contributed by atoms with Crippen LogP contribution in [0, 0.1) is 11.3 Å². The number of fused-ring (bicyclic) bond motifs is 3. The van der Waals surface area contributed by atoms with Crippen LogP contribution in [0.25, 0.3) is 5.76 Å². The Morgan fingerprint density at radius 2 is 1.76 bits per heavy atom. The maximum absolute atomic E-state index is 14.2. The predicted molar refractivity (Wildman–Crippen MR) is 136 cm³/mol. The number of likely N-dealkylation sites (N-methyl/N-ethyl adjacent to an activating group) is 1. The normalized spacial score (nSPS) is 28.6. The molecular weight excluding hydrogens is 496 g/mol. The molecule has 0 radical (unpaired) electrons. The number of phenols is 1. The summed E-state index contributed by atoms with van der Waals surface area (Å²) >= 11 is 0. The fraction of sp³-hybridized carbons (Fsp3) is 0.462. The van der Waals surface area contributed by atoms with Gasteiger partial charge in [-0.15, -0.1) is 0 Å². The zero-order valence-electron chi connectivity index (χ0n) is 21.8. The van der Waals surface area contributed by atoms with Gasteiger partial charge >= 0.3 is 0 Å². The highest BCUT2D eigenvalue weighted by Crippen LogP contribution is 2.58. The molecule has 0 aromatic heterocycles. The van der Waals surface area contributed by atoms with E-state index in [-0.39, 0.29) is 36.3 Å². The lowest BCUT2D eigenvalue weighted by Gasteiger charge is -2.55. The molecule has 0 saturated heterocycles. The van der Waals surface area contributed by atoms with Crippen LogP contribution in [0.4, 0.5) is 5.69 Å². The van der Waals surface area contributed by atoms with Crippen LogP contribution in [0.15, 0.2) is 29.0 Å². The minimum Gasteiger partial charge on any atom is -0.508 e. The number of hydrogen-bond donors (Lipinski definition) is 6. The molecule has 1 aromatic rings. The Morgan fingerprint density at radius 3 is 2.29 bits per heavy atom. The van der Waals surface area contributed by atoms with Gasteiger partial charge in [-0.05, 0) is 44.6 Å². The number of nitrogens with one attached hydrogen (secondary N) is 1. The molecule has 3 aliphatic rings. The first-order chi connectivity index (χ1) is 17.6. The number of benzene rings is 1. The van der Waals surface area contributed by atoms with Gasteiger partial charge in [-0.2, -0.15) is 0 Å². The Labute approximate surface area is 219 Å². The molecule has 2 amide bonds. The molecule has 204 valence electrons. The van der Waals surface area contributed by atoms with E-state index < -0.39 is 63.4 Å². The van der Waals surface area contributed by atoms with Gasteiger partial charge in [0.05, 0.1) is 11.6 Å². The monoisotopic (exact) mass is 528 g/mol. The molecule has 1 fully saturated rings. The van der Waals surface area contributed by atoms with E-state index in [1.54, 1.807) is 25.1 Å². The Kier molecular flexibility index (Phi) is 6.32. The van der Waals surface area contributed by atoms with Crippen molar-refractivity contribution in [3.8, 4) is 5.75 Å². The van der Waals surface area contributed by atoms with Gasteiger partial charge in [0.15, 0.2) is 11.4 Å². The number of rotatable bonds is 5. The van der Waals surface area contributed by atoms with E-state index >= 15 is 0 Å². The number of nitrogens with zero attached hydrogens (tertiary/aromatic N) is 2. The van der Waals surface area contributed by atoms with Gasteiger partial charge < -0.3 is 36.4 Å². The second kappa shape index (κ2) is 8.84. The summed E-state index contributed by atoms with van der Waals surface area (Å²) in [5, 5.41) is 47.8. The van der Waals surface area contributed by atoms with Gasteiger partial charge in [-0.1, -0.05) is 0 Å². The van der Waals surface area contributed by atoms with E-state index in [9.17, 15) is 39.6 Å². The van der Waals surface area contributed by atoms with Crippen LogP contribution in [0.1, 0.15) is 24.5 Å². The third kappa shape index (κ3) is 3.58. The SMILES string of the molecule is CC(=O)NC[C@@]12Cc3c(N(C)C)ccc(O)c3C(O)=C1C(=O)[C@]1(O)C(O)=C(C(N)=O)C(=O)[C@@H](N(C)C)[C@@H]1C2. The van der Waals surface area contributed by atoms with Crippen molar-refractivity contribution < 1.29 is 39.6 Å². The van der Waals surface area contributed by atoms with Crippen molar-refractivity contribution in [1.82, 2.24) is 10.2 Å². The van der Waals surface area contributed by atoms with Crippen LogP contribution in [0.3, 0.4) is 0 Å². The molecule has 0 heterocycles. The van der Waals surface area contributed by atoms with E-state index in [4.69, 9.17) is 5.73 Å². The largest absolute Gasteiger partial charge is 0.508 e. The fourth-order valence-corrected chi connectivity index (χ4v) is 6.35. The summed E-state index contributed by atoms with van der Waals surface area (Å²) in [6, 6.07) is 1.78. The van der Waals surface area contributed by atoms with Crippen molar-refractivity contribution in [3.05, 3.63) is 40.2 Å². The van der Waals surface area contributed by atoms with Gasteiger partial charge in [-0.25, -0.2) is 0 Å². The number of carbonyl (C=O) groups excluding carboxylic acids is 4. The molecule has 1 saturated carbocycles. The van der Waals surface area contributed by atoms with Crippen LogP contribution >= 0.6 is 0 Å². The number of phenolic OH excluding ortho intramolecular Hbond substituents is 1. The average Bonchev–Trinajstić information content (AvgIpc) is 2.79. The van der Waals surface area contributed by atoms with Crippen molar-refractivity contribution in [3.63, 3.8) is 0 Å². The zero-order valence-corrected chi connectivity index (χ0v) is 21.8. The van der Waals surface area contributed by atoms with E-state index in [2.05, 4.69) is 5.32 Å². The van der Waals surface area contributed by atoms with E-state index in [0.717, 1.165) is 0 Å². The number of carbonyl (C=O) groups is 4. The highest BCUT2D eigenvalue weighted by atomic mass is 16.3. The van der Waals surface area contributed by atoms with Crippen molar-refractivity contribution in [2.24, 2.45) is 17.1 Å². The number of primary amides is 1. The summed E-state index contributed by atoms with van der Waals surface area (Å²) in [5.74, 6) is -7.10. The molecule has 4 atom stereocenters. The van der Waals surface area contributed by atoms with Gasteiger partial charge in [0.2, 0.25) is 11.7 Å². The van der Waals surface area contributed by atoms with Gasteiger partial charge in [-0.3, -0.25) is 24.1 Å². The summed E-state index contributed by atoms with van der Waals surface area (Å²) in [6.07, 6.45) is -0.106. The number of nitrogens with two attached hydrogens (primary N) is 1. The highest BCUT2D eigenvalue weighted by Gasteiger charge is 2.67. The van der Waals surface area contributed by atoms with Gasteiger partial charge in [0.1, 0.15) is 22.8 Å². The second-order valence-electron chi connectivity index (χ2n) is 10.7. The Balaban J connectivity index is 2.09. The van der Waals surface area contributed by atoms with E-state index in [1.807, 2.05) is 0 Å². The van der Waals surface area contributed by atoms with Crippen LogP contribution in [-0.4, -0.2) is 95.1 Å². The number of Topliss-reactive ketones (excluding diaryl/α,β-unsaturated/α-hetero) is 2. The first-order valence-electron chi connectivity index (χ1n) is 12.0. The number of anilines is 1. The molecule has 3 aliphatic carbocycles. The molecule has 1 aromatic carbocycles. The lowest BCUT2D eigenvalue weighted by atomic mass is 9.51. The highest BCUT2D eigenvalue weighted by molar-refractivity contribution is 6.24. The molecule has 0 bridgehead atoms. The molecule has 7 N–H and O–H groups in total. The molecule has 12 nitrogen and oxygen atoms in total. The number of aliphatic hydroxyl groups excluding tert-OH is 2. The molecular formula is C26H32N4O8. The standard InChI is InChI=1S/C26H32N4O8/c1-11(31)28-10-25-8-12-14(29(2)3)6-7-15(32)16(12)20(33)18(25)23(36)26(38)13(9-25)19(30(4)5)21(34)17(22(26)35)24(27)37/h6-7,13,19,32-33,35,38H,8-10H2,1-5H3,(H2,27,37)(H,28,31)/t13-,19-,25-,26+/m0/s1. The van der Waals surface area contributed by atoms with Crippen molar-refractivity contribution >= 4 is 34.8 Å². The van der Waals surface area contributed by atoms with Crippen molar-refractivity contribution in [2.45, 2.75) is 31.4 Å². The van der Waals surface area contributed by atoms with Crippen molar-refractivity contribution in [2.75, 3.05) is 39.6 Å². The maximum Gasteiger partial charge on any atom is 0.255 e. The van der Waals surface area contributed by atoms with Crippen LogP contribution in [-0.2, 0) is 25.6 Å². The number of aromatic hydroxyl groups is 1. The topological polar surface area (TPSA) is 194 Å². The Hall–Kier alpha value is -3.90. The quantitative estimate of drug-likeness (QED) is 0.272. The lowest BCUT2D eigenvalue weighted by molar-refractivity contribution is -0.157. The molecule has 12 heteroatoms. The summed E-state index contributed by atoms with van der Waals surface area (Å²) < 4.78 is 0. The number of amides is 2. The predicted octanol–water partition coefficient (Wildman–Crippen LogP) is -0.464. The van der Waals surface area contributed by atoms with Gasteiger partial charge in [0, 0.05) is 50.2 Å². The van der Waals surface area contributed by atoms with E-state index in [1.165, 1.54) is 32.0 Å². The third-order valence-electron chi connectivity index (χ3n) is 7.96. The lowest BCUT2D eigenvalue weighted by Crippen LogP contribution is -2.68. The zero-order chi connectivity index (χ0) is 28.5. The number of hydrogen-bond acceptors (Lipinski definition) is 10. The third-order valence-corrected chi connectivity index (χ3v) is 7.96. The maximum atomic E-state index is 14.2. The number of aliphatic hydroxyl groups is 3. The molecule has 4 rings (SSSR count). The summed E-state index contributed by atoms with van der Waals surface area (Å²) in [5.41, 5.74) is 1.16. The van der Waals surface area contributed by atoms with Gasteiger partial charge in [0.25, 0.3) is 5.91 Å². The van der Waals surface area contributed by atoms with Crippen LogP contribution < -0.4 is 16.0 Å². The number of ketones is 2. The minimum atomic E-state index is -2.78. The molecule has 0 aliphatic heterocycles. The smallest absolute Gasteiger partial charge is 0.255 e. The Morgan fingerprint density at radius 1 is 1.13 bits per heavy atom. The first kappa shape index (κ1) is 27.1. The minimum absolute atomic E-state index is 0.0188. The summed E-state index contributed by atoms with van der Waals surface area (Å²) in [6.45, 7) is 1.14. The average molecular weight is 529 g/mol.